The second-order valence-electron chi connectivity index (χ2n) is 7.66. The van der Waals surface area contributed by atoms with Crippen molar-refractivity contribution >= 4 is 21.9 Å². The van der Waals surface area contributed by atoms with Gasteiger partial charge in [0.25, 0.3) is 0 Å². The van der Waals surface area contributed by atoms with E-state index in [2.05, 4.69) is 0 Å². The van der Waals surface area contributed by atoms with Crippen LogP contribution in [0.2, 0.25) is 0 Å². The average molecular weight is 442 g/mol. The molecule has 166 valence electrons. The maximum atomic E-state index is 12.9. The van der Waals surface area contributed by atoms with Gasteiger partial charge < -0.3 is 23.0 Å². The van der Waals surface area contributed by atoms with Crippen LogP contribution in [0.25, 0.3) is 21.9 Å². The average Bonchev–Trinajstić information content (AvgIpc) is 3.31. The lowest BCUT2D eigenvalue weighted by atomic mass is 10.1. The van der Waals surface area contributed by atoms with Crippen LogP contribution in [0.1, 0.15) is 16.9 Å². The highest BCUT2D eigenvalue weighted by Crippen LogP contribution is 2.42. The van der Waals surface area contributed by atoms with Gasteiger partial charge in [0.1, 0.15) is 35.9 Å². The molecule has 0 aliphatic carbocycles. The summed E-state index contributed by atoms with van der Waals surface area (Å²) in [6, 6.07) is 20.9. The molecule has 2 heterocycles. The van der Waals surface area contributed by atoms with Crippen LogP contribution in [0.4, 0.5) is 0 Å². The zero-order valence-electron chi connectivity index (χ0n) is 18.3. The molecule has 0 fully saturated rings. The van der Waals surface area contributed by atoms with Gasteiger partial charge in [0, 0.05) is 6.07 Å². The summed E-state index contributed by atoms with van der Waals surface area (Å²) in [6.45, 7) is 2.48. The van der Waals surface area contributed by atoms with Crippen molar-refractivity contribution in [1.29, 1.82) is 0 Å². The van der Waals surface area contributed by atoms with Gasteiger partial charge in [-0.3, -0.25) is 4.79 Å². The van der Waals surface area contributed by atoms with E-state index in [1.807, 2.05) is 54.6 Å². The molecule has 6 nitrogen and oxygen atoms in total. The van der Waals surface area contributed by atoms with E-state index < -0.39 is 0 Å². The van der Waals surface area contributed by atoms with Crippen molar-refractivity contribution < 1.29 is 23.0 Å². The maximum Gasteiger partial charge on any atom is 0.206 e. The molecule has 0 atom stereocenters. The van der Waals surface area contributed by atoms with Gasteiger partial charge in [-0.25, -0.2) is 0 Å². The van der Waals surface area contributed by atoms with Crippen molar-refractivity contribution in [2.75, 3.05) is 7.11 Å². The molecule has 6 heteroatoms. The molecule has 0 radical (unpaired) electrons. The zero-order chi connectivity index (χ0) is 22.8. The molecule has 3 aromatic carbocycles. The van der Waals surface area contributed by atoms with E-state index in [0.29, 0.717) is 45.8 Å². The Morgan fingerprint density at radius 3 is 2.30 bits per heavy atom. The second kappa shape index (κ2) is 8.74. The molecule has 0 bridgehead atoms. The van der Waals surface area contributed by atoms with Gasteiger partial charge in [0.05, 0.1) is 18.8 Å². The van der Waals surface area contributed by atoms with Crippen molar-refractivity contribution in [3.63, 3.8) is 0 Å². The lowest BCUT2D eigenvalue weighted by Gasteiger charge is -2.13. The quantitative estimate of drug-likeness (QED) is 0.307. The Morgan fingerprint density at radius 2 is 1.55 bits per heavy atom. The highest BCUT2D eigenvalue weighted by atomic mass is 16.5. The van der Waals surface area contributed by atoms with E-state index in [9.17, 15) is 4.79 Å². The Kier molecular flexibility index (Phi) is 5.48. The van der Waals surface area contributed by atoms with Gasteiger partial charge in [-0.1, -0.05) is 42.5 Å². The smallest absolute Gasteiger partial charge is 0.206 e. The van der Waals surface area contributed by atoms with Gasteiger partial charge in [0.15, 0.2) is 16.6 Å². The second-order valence-corrected chi connectivity index (χ2v) is 7.66. The van der Waals surface area contributed by atoms with Gasteiger partial charge in [-0.05, 0) is 36.2 Å². The number of ether oxygens (including phenoxy) is 3. The molecule has 0 aliphatic heterocycles. The summed E-state index contributed by atoms with van der Waals surface area (Å²) in [5.74, 6) is 2.03. The predicted molar refractivity (Wildman–Crippen MR) is 125 cm³/mol. The Bertz CT molecular complexity index is 1460. The number of aryl methyl sites for hydroxylation is 1. The summed E-state index contributed by atoms with van der Waals surface area (Å²) in [5.41, 5.74) is 2.62. The third-order valence-corrected chi connectivity index (χ3v) is 5.38. The number of hydrogen-bond acceptors (Lipinski definition) is 6. The van der Waals surface area contributed by atoms with Crippen LogP contribution in [0.5, 0.6) is 17.2 Å². The Morgan fingerprint density at radius 1 is 0.818 bits per heavy atom. The standard InChI is InChI=1S/C27H22O6/c1-17-14-22(28)23-24(21-12-13-30-25(21)27(29-2)26(23)33-17)32-16-19-8-10-20(11-9-19)31-15-18-6-4-3-5-7-18/h3-14H,15-16H2,1-2H3. The molecule has 0 saturated carbocycles. The SMILES string of the molecule is COc1c2occc2c(OCc2ccc(OCc3ccccc3)cc2)c2c(=O)cc(C)oc12. The van der Waals surface area contributed by atoms with E-state index in [1.54, 1.807) is 13.0 Å². The van der Waals surface area contributed by atoms with E-state index in [1.165, 1.54) is 19.4 Å². The summed E-state index contributed by atoms with van der Waals surface area (Å²) >= 11 is 0. The zero-order valence-corrected chi connectivity index (χ0v) is 18.3. The van der Waals surface area contributed by atoms with Crippen LogP contribution in [0.3, 0.4) is 0 Å². The first kappa shape index (κ1) is 20.7. The Balaban J connectivity index is 1.41. The topological polar surface area (TPSA) is 71.0 Å². The lowest BCUT2D eigenvalue weighted by Crippen LogP contribution is -2.06. The predicted octanol–water partition coefficient (Wildman–Crippen LogP) is 6.01. The fraction of sp³-hybridized carbons (Fsp3) is 0.148. The first-order chi connectivity index (χ1) is 16.1. The summed E-state index contributed by atoms with van der Waals surface area (Å²) in [7, 11) is 1.51. The van der Waals surface area contributed by atoms with Gasteiger partial charge in [0.2, 0.25) is 5.75 Å². The number of methoxy groups -OCH3 is 1. The van der Waals surface area contributed by atoms with Crippen molar-refractivity contribution in [2.24, 2.45) is 0 Å². The molecule has 0 saturated heterocycles. The molecule has 0 spiro atoms. The Labute approximate surface area is 189 Å². The normalized spacial score (nSPS) is 11.1. The third-order valence-electron chi connectivity index (χ3n) is 5.38. The van der Waals surface area contributed by atoms with Crippen LogP contribution in [-0.2, 0) is 13.2 Å². The van der Waals surface area contributed by atoms with Crippen LogP contribution in [-0.4, -0.2) is 7.11 Å². The number of rotatable bonds is 7. The summed E-state index contributed by atoms with van der Waals surface area (Å²) < 4.78 is 28.9. The fourth-order valence-corrected chi connectivity index (χ4v) is 3.80. The minimum Gasteiger partial charge on any atom is -0.490 e. The number of benzene rings is 3. The Hall–Kier alpha value is -4.19. The van der Waals surface area contributed by atoms with Crippen LogP contribution in [0.15, 0.2) is 86.6 Å². The van der Waals surface area contributed by atoms with Crippen molar-refractivity contribution in [1.82, 2.24) is 0 Å². The molecule has 0 N–H and O–H groups in total. The van der Waals surface area contributed by atoms with E-state index in [-0.39, 0.29) is 12.0 Å². The summed E-state index contributed by atoms with van der Waals surface area (Å²) in [5, 5.41) is 0.979. The summed E-state index contributed by atoms with van der Waals surface area (Å²) in [4.78, 5) is 12.9. The molecule has 0 unspecified atom stereocenters. The van der Waals surface area contributed by atoms with Crippen molar-refractivity contribution in [3.8, 4) is 17.2 Å². The van der Waals surface area contributed by atoms with E-state index in [4.69, 9.17) is 23.0 Å². The van der Waals surface area contributed by atoms with Gasteiger partial charge in [-0.2, -0.15) is 0 Å². The molecule has 5 aromatic rings. The van der Waals surface area contributed by atoms with Crippen molar-refractivity contribution in [3.05, 3.63) is 100 Å². The number of fused-ring (bicyclic) bond motifs is 2. The number of furan rings is 1. The lowest BCUT2D eigenvalue weighted by molar-refractivity contribution is 0.303. The highest BCUT2D eigenvalue weighted by molar-refractivity contribution is 6.06. The fourth-order valence-electron chi connectivity index (χ4n) is 3.80. The number of hydrogen-bond donors (Lipinski definition) is 0. The molecular weight excluding hydrogens is 420 g/mol. The van der Waals surface area contributed by atoms with E-state index >= 15 is 0 Å². The largest absolute Gasteiger partial charge is 0.490 e. The molecule has 0 aliphatic rings. The molecule has 5 rings (SSSR count). The van der Waals surface area contributed by atoms with Crippen LogP contribution in [0, 0.1) is 6.92 Å². The highest BCUT2D eigenvalue weighted by Gasteiger charge is 2.22. The first-order valence-corrected chi connectivity index (χ1v) is 10.5. The van der Waals surface area contributed by atoms with E-state index in [0.717, 1.165) is 16.9 Å². The molecule has 33 heavy (non-hydrogen) atoms. The first-order valence-electron chi connectivity index (χ1n) is 10.5. The maximum absolute atomic E-state index is 12.9. The molecule has 2 aromatic heterocycles. The minimum atomic E-state index is -0.199. The molecule has 0 amide bonds. The summed E-state index contributed by atoms with van der Waals surface area (Å²) in [6.07, 6.45) is 1.54. The van der Waals surface area contributed by atoms with Crippen molar-refractivity contribution in [2.45, 2.75) is 20.1 Å². The third kappa shape index (κ3) is 4.03. The monoisotopic (exact) mass is 442 g/mol. The van der Waals surface area contributed by atoms with Crippen LogP contribution < -0.4 is 19.6 Å². The van der Waals surface area contributed by atoms with Crippen LogP contribution >= 0.6 is 0 Å². The van der Waals surface area contributed by atoms with Gasteiger partial charge in [-0.15, -0.1) is 0 Å². The van der Waals surface area contributed by atoms with Gasteiger partial charge >= 0.3 is 0 Å². The molecular formula is C27H22O6. The minimum absolute atomic E-state index is 0.199.